The number of piperidine rings is 1. The lowest BCUT2D eigenvalue weighted by Crippen LogP contribution is -2.35. The van der Waals surface area contributed by atoms with Crippen LogP contribution in [0.2, 0.25) is 0 Å². The summed E-state index contributed by atoms with van der Waals surface area (Å²) in [6, 6.07) is 17.1. The maximum absolute atomic E-state index is 10.6. The van der Waals surface area contributed by atoms with Crippen molar-refractivity contribution in [3.63, 3.8) is 0 Å². The van der Waals surface area contributed by atoms with Crippen LogP contribution in [0.4, 0.5) is 4.79 Å². The minimum atomic E-state index is -0.985. The van der Waals surface area contributed by atoms with E-state index in [0.29, 0.717) is 12.3 Å². The molecule has 1 fully saturated rings. The molecule has 0 radical (unpaired) electrons. The minimum absolute atomic E-state index is 0.166. The van der Waals surface area contributed by atoms with E-state index in [2.05, 4.69) is 77.3 Å². The Morgan fingerprint density at radius 3 is 2.64 bits per heavy atom. The molecule has 0 aliphatic carbocycles. The summed E-state index contributed by atoms with van der Waals surface area (Å²) in [6.07, 6.45) is 2.14. The lowest BCUT2D eigenvalue weighted by atomic mass is 10.00. The number of rotatable bonds is 7. The van der Waals surface area contributed by atoms with Crippen molar-refractivity contribution < 1.29 is 14.6 Å². The molecule has 2 N–H and O–H groups in total. The Balaban J connectivity index is 1.41. The zero-order chi connectivity index (χ0) is 25.1. The van der Waals surface area contributed by atoms with E-state index in [9.17, 15) is 4.79 Å². The van der Waals surface area contributed by atoms with Crippen molar-refractivity contribution in [2.24, 2.45) is 0 Å². The number of aromatic nitrogens is 2. The fourth-order valence-corrected chi connectivity index (χ4v) is 5.95. The van der Waals surface area contributed by atoms with Crippen LogP contribution in [-0.2, 0) is 17.7 Å². The Bertz CT molecular complexity index is 1200. The topological polar surface area (TPSA) is 79.6 Å². The second-order valence-corrected chi connectivity index (χ2v) is 10.8. The van der Waals surface area contributed by atoms with Crippen molar-refractivity contribution in [2.45, 2.75) is 49.8 Å². The second-order valence-electron chi connectivity index (χ2n) is 9.63. The highest BCUT2D eigenvalue weighted by Gasteiger charge is 2.32. The predicted molar refractivity (Wildman–Crippen MR) is 143 cm³/mol. The van der Waals surface area contributed by atoms with E-state index in [1.807, 2.05) is 0 Å². The molecule has 1 unspecified atom stereocenters. The lowest BCUT2D eigenvalue weighted by molar-refractivity contribution is -0.0276. The molecule has 3 heterocycles. The number of carbonyl (C=O) groups is 1. The van der Waals surface area contributed by atoms with Gasteiger partial charge in [0.15, 0.2) is 0 Å². The van der Waals surface area contributed by atoms with Gasteiger partial charge in [0, 0.05) is 48.1 Å². The first-order valence-corrected chi connectivity index (χ1v) is 13.7. The summed E-state index contributed by atoms with van der Waals surface area (Å²) in [7, 11) is 2.18. The van der Waals surface area contributed by atoms with E-state index in [-0.39, 0.29) is 12.2 Å². The second kappa shape index (κ2) is 11.1. The summed E-state index contributed by atoms with van der Waals surface area (Å²) >= 11 is 1.64. The maximum Gasteiger partial charge on any atom is 0.404 e. The van der Waals surface area contributed by atoms with E-state index in [0.717, 1.165) is 60.9 Å². The van der Waals surface area contributed by atoms with Crippen LogP contribution in [-0.4, -0.2) is 64.2 Å². The monoisotopic (exact) mass is 506 g/mol. The molecule has 190 valence electrons. The number of aryl methyl sites for hydroxylation is 1. The normalized spacial score (nSPS) is 18.3. The molecule has 2 aromatic carbocycles. The van der Waals surface area contributed by atoms with Crippen LogP contribution in [0.1, 0.15) is 41.6 Å². The summed E-state index contributed by atoms with van der Waals surface area (Å²) in [5.74, 6) is 1.70. The minimum Gasteiger partial charge on any atom is -0.465 e. The average molecular weight is 507 g/mol. The molecule has 0 bridgehead atoms. The van der Waals surface area contributed by atoms with Crippen LogP contribution in [0.25, 0.3) is 11.3 Å². The number of imidazole rings is 1. The summed E-state index contributed by atoms with van der Waals surface area (Å²) in [4.78, 5) is 19.3. The molecule has 36 heavy (non-hydrogen) atoms. The molecule has 1 amide bonds. The largest absolute Gasteiger partial charge is 0.465 e. The highest BCUT2D eigenvalue weighted by molar-refractivity contribution is 7.99. The number of benzene rings is 2. The van der Waals surface area contributed by atoms with Gasteiger partial charge in [-0.05, 0) is 56.5 Å². The summed E-state index contributed by atoms with van der Waals surface area (Å²) in [6.45, 7) is 5.61. The van der Waals surface area contributed by atoms with Crippen molar-refractivity contribution in [1.82, 2.24) is 19.8 Å². The van der Waals surface area contributed by atoms with Gasteiger partial charge >= 0.3 is 6.09 Å². The Hall–Kier alpha value is -2.81. The SMILES string of the molecule is Cc1c(-c2ccc(SCCNC(=O)O)cc2)nc2n1CCc1ccccc1C2OC1CCN(C)CC1. The molecule has 1 aromatic heterocycles. The average Bonchev–Trinajstić information content (AvgIpc) is 3.12. The van der Waals surface area contributed by atoms with Crippen molar-refractivity contribution in [1.29, 1.82) is 0 Å². The number of thioether (sulfide) groups is 1. The zero-order valence-corrected chi connectivity index (χ0v) is 21.8. The first kappa shape index (κ1) is 24.9. The van der Waals surface area contributed by atoms with Gasteiger partial charge in [0.05, 0.1) is 11.8 Å². The van der Waals surface area contributed by atoms with Gasteiger partial charge < -0.3 is 24.6 Å². The quantitative estimate of drug-likeness (QED) is 0.348. The number of nitrogens with one attached hydrogen (secondary N) is 1. The van der Waals surface area contributed by atoms with Crippen LogP contribution < -0.4 is 5.32 Å². The van der Waals surface area contributed by atoms with Gasteiger partial charge in [0.2, 0.25) is 0 Å². The number of carboxylic acid groups (broad SMARTS) is 1. The standard InChI is InChI=1S/C28H34N4O3S/c1-19-25(21-7-9-23(10-8-21)36-18-14-29-28(33)34)30-27-26(35-22-12-15-31(2)16-13-22)24-6-4-3-5-20(24)11-17-32(19)27/h3-10,22,26,29H,11-18H2,1-2H3,(H,33,34). The Kier molecular flexibility index (Phi) is 7.65. The third kappa shape index (κ3) is 5.45. The van der Waals surface area contributed by atoms with Gasteiger partial charge in [0.1, 0.15) is 11.9 Å². The van der Waals surface area contributed by atoms with Crippen LogP contribution in [0.5, 0.6) is 0 Å². The van der Waals surface area contributed by atoms with Gasteiger partial charge in [-0.15, -0.1) is 11.8 Å². The fraction of sp³-hybridized carbons (Fsp3) is 0.429. The van der Waals surface area contributed by atoms with E-state index < -0.39 is 6.09 Å². The van der Waals surface area contributed by atoms with Crippen molar-refractivity contribution in [3.8, 4) is 11.3 Å². The molecule has 1 saturated heterocycles. The zero-order valence-electron chi connectivity index (χ0n) is 20.9. The number of amides is 1. The van der Waals surface area contributed by atoms with Gasteiger partial charge in [-0.25, -0.2) is 9.78 Å². The molecular formula is C28H34N4O3S. The maximum atomic E-state index is 10.6. The highest BCUT2D eigenvalue weighted by Crippen LogP contribution is 2.37. The number of hydrogen-bond acceptors (Lipinski definition) is 5. The molecule has 1 atom stereocenters. The Labute approximate surface area is 216 Å². The molecule has 0 spiro atoms. The van der Waals surface area contributed by atoms with Crippen LogP contribution in [0.15, 0.2) is 53.4 Å². The summed E-state index contributed by atoms with van der Waals surface area (Å²) in [5, 5.41) is 11.1. The third-order valence-electron chi connectivity index (χ3n) is 7.20. The van der Waals surface area contributed by atoms with Crippen LogP contribution in [0, 0.1) is 6.92 Å². The number of ether oxygens (including phenoxy) is 1. The third-order valence-corrected chi connectivity index (χ3v) is 8.21. The molecule has 7 nitrogen and oxygen atoms in total. The smallest absolute Gasteiger partial charge is 0.404 e. The lowest BCUT2D eigenvalue weighted by Gasteiger charge is -2.32. The molecule has 3 aromatic rings. The number of hydrogen-bond donors (Lipinski definition) is 2. The number of nitrogens with zero attached hydrogens (tertiary/aromatic N) is 3. The molecule has 8 heteroatoms. The van der Waals surface area contributed by atoms with Crippen LogP contribution >= 0.6 is 11.8 Å². The Morgan fingerprint density at radius 2 is 1.89 bits per heavy atom. The highest BCUT2D eigenvalue weighted by atomic mass is 32.2. The van der Waals surface area contributed by atoms with Crippen LogP contribution in [0.3, 0.4) is 0 Å². The van der Waals surface area contributed by atoms with E-state index in [1.165, 1.54) is 16.8 Å². The van der Waals surface area contributed by atoms with E-state index in [4.69, 9.17) is 14.8 Å². The molecule has 5 rings (SSSR count). The van der Waals surface area contributed by atoms with Crippen molar-refractivity contribution >= 4 is 17.9 Å². The summed E-state index contributed by atoms with van der Waals surface area (Å²) < 4.78 is 9.20. The fourth-order valence-electron chi connectivity index (χ4n) is 5.18. The van der Waals surface area contributed by atoms with Gasteiger partial charge in [-0.3, -0.25) is 0 Å². The van der Waals surface area contributed by atoms with Gasteiger partial charge in [0.25, 0.3) is 0 Å². The first-order chi connectivity index (χ1) is 17.5. The van der Waals surface area contributed by atoms with Crippen molar-refractivity contribution in [3.05, 3.63) is 71.2 Å². The molecular weight excluding hydrogens is 472 g/mol. The Morgan fingerprint density at radius 1 is 1.14 bits per heavy atom. The van der Waals surface area contributed by atoms with E-state index >= 15 is 0 Å². The van der Waals surface area contributed by atoms with Crippen molar-refractivity contribution in [2.75, 3.05) is 32.4 Å². The predicted octanol–water partition coefficient (Wildman–Crippen LogP) is 4.97. The first-order valence-electron chi connectivity index (χ1n) is 12.7. The van der Waals surface area contributed by atoms with E-state index in [1.54, 1.807) is 11.8 Å². The molecule has 0 saturated carbocycles. The number of likely N-dealkylation sites (tertiary alicyclic amines) is 1. The summed E-state index contributed by atoms with van der Waals surface area (Å²) in [5.41, 5.74) is 5.85. The number of fused-ring (bicyclic) bond motifs is 2. The molecule has 2 aliphatic rings. The van der Waals surface area contributed by atoms with Gasteiger partial charge in [-0.2, -0.15) is 0 Å². The molecule has 2 aliphatic heterocycles. The van der Waals surface area contributed by atoms with Gasteiger partial charge in [-0.1, -0.05) is 36.4 Å².